The lowest BCUT2D eigenvalue weighted by atomic mass is 9.94. The van der Waals surface area contributed by atoms with Gasteiger partial charge in [0.2, 0.25) is 5.91 Å². The smallest absolute Gasteiger partial charge is 0.251 e. The highest BCUT2D eigenvalue weighted by Gasteiger charge is 2.32. The van der Waals surface area contributed by atoms with Gasteiger partial charge in [-0.3, -0.25) is 9.59 Å². The predicted molar refractivity (Wildman–Crippen MR) is 102 cm³/mol. The Morgan fingerprint density at radius 3 is 2.54 bits per heavy atom. The fraction of sp³-hybridized carbons (Fsp3) is 0.619. The number of anilines is 1. The normalized spacial score (nSPS) is 21.2. The first kappa shape index (κ1) is 18.9. The number of rotatable bonds is 4. The van der Waals surface area contributed by atoms with E-state index in [1.807, 2.05) is 24.0 Å². The van der Waals surface area contributed by atoms with Crippen LogP contribution < -0.4 is 5.32 Å². The molecule has 2 heterocycles. The number of nitrogens with one attached hydrogen (secondary N) is 1. The summed E-state index contributed by atoms with van der Waals surface area (Å²) < 4.78 is 5.50. The molecule has 2 fully saturated rings. The molecule has 3 rings (SSSR count). The van der Waals surface area contributed by atoms with Crippen LogP contribution in [0.5, 0.6) is 0 Å². The lowest BCUT2D eigenvalue weighted by Gasteiger charge is -2.33. The van der Waals surface area contributed by atoms with E-state index in [0.29, 0.717) is 38.5 Å². The third-order valence-corrected chi connectivity index (χ3v) is 5.56. The molecule has 0 radical (unpaired) electrons. The van der Waals surface area contributed by atoms with Gasteiger partial charge in [-0.2, -0.15) is 0 Å². The molecule has 142 valence electrons. The van der Waals surface area contributed by atoms with Gasteiger partial charge in [0.1, 0.15) is 6.10 Å². The van der Waals surface area contributed by atoms with Gasteiger partial charge >= 0.3 is 0 Å². The number of para-hydroxylation sites is 1. The van der Waals surface area contributed by atoms with E-state index in [-0.39, 0.29) is 23.8 Å². The van der Waals surface area contributed by atoms with Gasteiger partial charge in [0.15, 0.2) is 0 Å². The van der Waals surface area contributed by atoms with E-state index in [1.54, 1.807) is 0 Å². The van der Waals surface area contributed by atoms with E-state index in [4.69, 9.17) is 4.74 Å². The quantitative estimate of drug-likeness (QED) is 0.896. The summed E-state index contributed by atoms with van der Waals surface area (Å²) in [4.78, 5) is 27.1. The highest BCUT2D eigenvalue weighted by atomic mass is 16.5. The SMILES string of the molecule is Cc1cccc(C(C)C)c1NC(=O)C1CCN(C(=O)C2CCCO2)CC1. The predicted octanol–water partition coefficient (Wildman–Crippen LogP) is 3.47. The maximum atomic E-state index is 12.8. The number of benzene rings is 1. The molecular formula is C21H30N2O3. The fourth-order valence-electron chi connectivity index (χ4n) is 3.91. The number of ether oxygens (including phenoxy) is 1. The molecule has 0 saturated carbocycles. The monoisotopic (exact) mass is 358 g/mol. The number of carbonyl (C=O) groups is 2. The Morgan fingerprint density at radius 1 is 1.19 bits per heavy atom. The number of nitrogens with zero attached hydrogens (tertiary/aromatic N) is 1. The zero-order chi connectivity index (χ0) is 18.7. The van der Waals surface area contributed by atoms with Crippen LogP contribution in [0, 0.1) is 12.8 Å². The minimum Gasteiger partial charge on any atom is -0.368 e. The van der Waals surface area contributed by atoms with E-state index in [1.165, 1.54) is 5.56 Å². The average Bonchev–Trinajstić information content (AvgIpc) is 3.17. The Labute approximate surface area is 156 Å². The summed E-state index contributed by atoms with van der Waals surface area (Å²) in [6, 6.07) is 6.15. The van der Waals surface area contributed by atoms with Gasteiger partial charge < -0.3 is 15.0 Å². The lowest BCUT2D eigenvalue weighted by Crippen LogP contribution is -2.45. The van der Waals surface area contributed by atoms with Crippen molar-refractivity contribution in [3.8, 4) is 0 Å². The zero-order valence-electron chi connectivity index (χ0n) is 16.1. The van der Waals surface area contributed by atoms with Crippen LogP contribution in [-0.2, 0) is 14.3 Å². The summed E-state index contributed by atoms with van der Waals surface area (Å²) in [7, 11) is 0. The molecule has 2 aliphatic rings. The van der Waals surface area contributed by atoms with Crippen molar-refractivity contribution in [2.45, 2.75) is 58.5 Å². The van der Waals surface area contributed by atoms with Crippen LogP contribution in [0.4, 0.5) is 5.69 Å². The maximum absolute atomic E-state index is 12.8. The number of piperidine rings is 1. The molecule has 0 aromatic heterocycles. The Hall–Kier alpha value is -1.88. The molecule has 1 unspecified atom stereocenters. The minimum absolute atomic E-state index is 0.0387. The highest BCUT2D eigenvalue weighted by Crippen LogP contribution is 2.29. The van der Waals surface area contributed by atoms with E-state index in [9.17, 15) is 9.59 Å². The average molecular weight is 358 g/mol. The van der Waals surface area contributed by atoms with Crippen LogP contribution in [0.1, 0.15) is 56.6 Å². The van der Waals surface area contributed by atoms with E-state index >= 15 is 0 Å². The van der Waals surface area contributed by atoms with E-state index in [0.717, 1.165) is 24.1 Å². The second-order valence-corrected chi connectivity index (χ2v) is 7.78. The number of aryl methyl sites for hydroxylation is 1. The molecule has 0 spiro atoms. The zero-order valence-corrected chi connectivity index (χ0v) is 16.1. The largest absolute Gasteiger partial charge is 0.368 e. The van der Waals surface area contributed by atoms with Crippen molar-refractivity contribution in [3.63, 3.8) is 0 Å². The Kier molecular flexibility index (Phi) is 5.97. The third-order valence-electron chi connectivity index (χ3n) is 5.56. The number of hydrogen-bond acceptors (Lipinski definition) is 3. The molecule has 1 aromatic carbocycles. The van der Waals surface area contributed by atoms with Gasteiger partial charge in [-0.25, -0.2) is 0 Å². The first-order chi connectivity index (χ1) is 12.5. The fourth-order valence-corrected chi connectivity index (χ4v) is 3.91. The summed E-state index contributed by atoms with van der Waals surface area (Å²) in [5, 5.41) is 3.16. The molecule has 0 aliphatic carbocycles. The number of amides is 2. The summed E-state index contributed by atoms with van der Waals surface area (Å²) in [6.45, 7) is 8.27. The summed E-state index contributed by atoms with van der Waals surface area (Å²) in [5.41, 5.74) is 3.21. The van der Waals surface area contributed by atoms with Gasteiger partial charge in [-0.1, -0.05) is 32.0 Å². The molecule has 2 saturated heterocycles. The van der Waals surface area contributed by atoms with Crippen molar-refractivity contribution in [2.75, 3.05) is 25.0 Å². The van der Waals surface area contributed by atoms with Crippen molar-refractivity contribution < 1.29 is 14.3 Å². The van der Waals surface area contributed by atoms with Crippen LogP contribution in [0.25, 0.3) is 0 Å². The number of hydrogen-bond donors (Lipinski definition) is 1. The van der Waals surface area contributed by atoms with Crippen LogP contribution >= 0.6 is 0 Å². The van der Waals surface area contributed by atoms with Gasteiger partial charge in [0, 0.05) is 31.3 Å². The molecular weight excluding hydrogens is 328 g/mol. The second kappa shape index (κ2) is 8.21. The molecule has 5 nitrogen and oxygen atoms in total. The van der Waals surface area contributed by atoms with Gasteiger partial charge in [-0.15, -0.1) is 0 Å². The molecule has 1 aromatic rings. The van der Waals surface area contributed by atoms with Crippen molar-refractivity contribution in [3.05, 3.63) is 29.3 Å². The van der Waals surface area contributed by atoms with Crippen LogP contribution in [0.2, 0.25) is 0 Å². The summed E-state index contributed by atoms with van der Waals surface area (Å²) in [5.74, 6) is 0.493. The molecule has 1 atom stereocenters. The molecule has 1 N–H and O–H groups in total. The van der Waals surface area contributed by atoms with Crippen molar-refractivity contribution >= 4 is 17.5 Å². The van der Waals surface area contributed by atoms with Gasteiger partial charge in [0.05, 0.1) is 0 Å². The molecule has 5 heteroatoms. The van der Waals surface area contributed by atoms with Crippen LogP contribution in [0.15, 0.2) is 18.2 Å². The Bertz CT molecular complexity index is 657. The van der Waals surface area contributed by atoms with Crippen molar-refractivity contribution in [1.82, 2.24) is 4.90 Å². The Balaban J connectivity index is 1.58. The second-order valence-electron chi connectivity index (χ2n) is 7.78. The van der Waals surface area contributed by atoms with E-state index < -0.39 is 0 Å². The van der Waals surface area contributed by atoms with Crippen LogP contribution in [0.3, 0.4) is 0 Å². The molecule has 26 heavy (non-hydrogen) atoms. The lowest BCUT2D eigenvalue weighted by molar-refractivity contribution is -0.143. The Morgan fingerprint density at radius 2 is 1.92 bits per heavy atom. The first-order valence-electron chi connectivity index (χ1n) is 9.78. The summed E-state index contributed by atoms with van der Waals surface area (Å²) in [6.07, 6.45) is 2.95. The third kappa shape index (κ3) is 4.09. The van der Waals surface area contributed by atoms with E-state index in [2.05, 4.69) is 25.2 Å². The van der Waals surface area contributed by atoms with Crippen molar-refractivity contribution in [2.24, 2.45) is 5.92 Å². The minimum atomic E-state index is -0.263. The molecule has 2 amide bonds. The highest BCUT2D eigenvalue weighted by molar-refractivity contribution is 5.94. The van der Waals surface area contributed by atoms with Crippen molar-refractivity contribution in [1.29, 1.82) is 0 Å². The first-order valence-corrected chi connectivity index (χ1v) is 9.78. The standard InChI is InChI=1S/C21H30N2O3/c1-14(2)17-7-4-6-15(3)19(17)22-20(24)16-9-11-23(12-10-16)21(25)18-8-5-13-26-18/h4,6-7,14,16,18H,5,8-13H2,1-3H3,(H,22,24). The van der Waals surface area contributed by atoms with Gasteiger partial charge in [0.25, 0.3) is 5.91 Å². The summed E-state index contributed by atoms with van der Waals surface area (Å²) >= 11 is 0. The number of likely N-dealkylation sites (tertiary alicyclic amines) is 1. The topological polar surface area (TPSA) is 58.6 Å². The number of carbonyl (C=O) groups excluding carboxylic acids is 2. The molecule has 2 aliphatic heterocycles. The molecule has 0 bridgehead atoms. The maximum Gasteiger partial charge on any atom is 0.251 e. The van der Waals surface area contributed by atoms with Crippen LogP contribution in [-0.4, -0.2) is 42.5 Å². The van der Waals surface area contributed by atoms with Gasteiger partial charge in [-0.05, 0) is 49.7 Å².